The van der Waals surface area contributed by atoms with Crippen LogP contribution in [-0.4, -0.2) is 41.7 Å². The van der Waals surface area contributed by atoms with Crippen molar-refractivity contribution in [3.63, 3.8) is 0 Å². The first-order chi connectivity index (χ1) is 13.6. The zero-order valence-corrected chi connectivity index (χ0v) is 15.5. The van der Waals surface area contributed by atoms with E-state index in [4.69, 9.17) is 23.2 Å². The van der Waals surface area contributed by atoms with E-state index in [0.717, 1.165) is 23.5 Å². The van der Waals surface area contributed by atoms with Crippen LogP contribution in [-0.2, 0) is 11.3 Å². The Labute approximate surface area is 173 Å². The van der Waals surface area contributed by atoms with Gasteiger partial charge >= 0.3 is 35.8 Å². The van der Waals surface area contributed by atoms with Crippen molar-refractivity contribution < 1.29 is 61.9 Å². The normalized spacial score (nSPS) is 14.5. The highest BCUT2D eigenvalue weighted by molar-refractivity contribution is 6.42. The molecule has 0 aliphatic rings. The van der Waals surface area contributed by atoms with Crippen molar-refractivity contribution in [3.05, 3.63) is 33.8 Å². The quantitative estimate of drug-likeness (QED) is 0.416. The Bertz CT molecular complexity index is 838. The molecule has 0 heterocycles. The summed E-state index contributed by atoms with van der Waals surface area (Å²) in [5, 5.41) is 0.585. The second kappa shape index (κ2) is 8.05. The molecule has 1 N–H and O–H groups in total. The number of amides is 1. The molecule has 0 saturated heterocycles. The van der Waals surface area contributed by atoms with Gasteiger partial charge in [-0.1, -0.05) is 29.3 Å². The first kappa shape index (κ1) is 27.4. The molecule has 178 valence electrons. The number of benzene rings is 1. The van der Waals surface area contributed by atoms with Gasteiger partial charge in [-0.15, -0.1) is 0 Å². The average molecular weight is 522 g/mol. The molecule has 1 aromatic rings. The van der Waals surface area contributed by atoms with Gasteiger partial charge in [0.05, 0.1) is 10.0 Å². The lowest BCUT2D eigenvalue weighted by molar-refractivity contribution is -0.436. The molecule has 31 heavy (non-hydrogen) atoms. The van der Waals surface area contributed by atoms with Gasteiger partial charge in [-0.2, -0.15) is 57.1 Å². The van der Waals surface area contributed by atoms with Gasteiger partial charge in [0, 0.05) is 6.54 Å². The van der Waals surface area contributed by atoms with Gasteiger partial charge in [0.2, 0.25) is 0 Å². The molecule has 0 unspecified atom stereocenters. The third-order valence-corrected chi connectivity index (χ3v) is 4.39. The number of rotatable bonds is 7. The maximum atomic E-state index is 13.6. The lowest BCUT2D eigenvalue weighted by Crippen LogP contribution is -2.71. The Morgan fingerprint density at radius 1 is 0.710 bits per heavy atom. The topological polar surface area (TPSA) is 29.1 Å². The maximum Gasteiger partial charge on any atom is 0.460 e. The van der Waals surface area contributed by atoms with Gasteiger partial charge in [0.15, 0.2) is 0 Å². The molecule has 1 rings (SSSR count). The third-order valence-electron chi connectivity index (χ3n) is 3.66. The molecule has 0 aliphatic carbocycles. The van der Waals surface area contributed by atoms with Crippen LogP contribution in [0.5, 0.6) is 0 Å². The van der Waals surface area contributed by atoms with E-state index in [0.29, 0.717) is 0 Å². The molecule has 0 radical (unpaired) electrons. The second-order valence-corrected chi connectivity index (χ2v) is 6.62. The van der Waals surface area contributed by atoms with Crippen LogP contribution < -0.4 is 5.32 Å². The van der Waals surface area contributed by atoms with Crippen LogP contribution in [0, 0.1) is 0 Å². The minimum atomic E-state index is -8.07. The van der Waals surface area contributed by atoms with Crippen LogP contribution >= 0.6 is 23.2 Å². The van der Waals surface area contributed by atoms with Crippen LogP contribution in [0.1, 0.15) is 5.56 Å². The first-order valence-corrected chi connectivity index (χ1v) is 7.99. The summed E-state index contributed by atoms with van der Waals surface area (Å²) in [5.74, 6) is -41.9. The number of alkyl halides is 13. The van der Waals surface area contributed by atoms with E-state index in [1.54, 1.807) is 0 Å². The Hall–Kier alpha value is -1.64. The lowest BCUT2D eigenvalue weighted by atomic mass is 9.93. The van der Waals surface area contributed by atoms with E-state index in [2.05, 4.69) is 0 Å². The zero-order chi connectivity index (χ0) is 24.8. The smallest absolute Gasteiger partial charge is 0.347 e. The summed E-state index contributed by atoms with van der Waals surface area (Å²) in [7, 11) is 0. The predicted octanol–water partition coefficient (Wildman–Crippen LogP) is 6.35. The summed E-state index contributed by atoms with van der Waals surface area (Å²) < 4.78 is 168. The van der Waals surface area contributed by atoms with Crippen molar-refractivity contribution in [1.29, 1.82) is 0 Å². The summed E-state index contributed by atoms with van der Waals surface area (Å²) in [5.41, 5.74) is -0.248. The maximum absolute atomic E-state index is 13.6. The molecule has 0 saturated carbocycles. The molecule has 2 nitrogen and oxygen atoms in total. The van der Waals surface area contributed by atoms with Crippen molar-refractivity contribution in [2.24, 2.45) is 0 Å². The van der Waals surface area contributed by atoms with Crippen LogP contribution in [0.4, 0.5) is 57.1 Å². The van der Waals surface area contributed by atoms with Gasteiger partial charge in [0.1, 0.15) is 0 Å². The molecule has 0 fully saturated rings. The summed E-state index contributed by atoms with van der Waals surface area (Å²) in [4.78, 5) is 11.3. The van der Waals surface area contributed by atoms with Crippen molar-refractivity contribution >= 4 is 29.1 Å². The van der Waals surface area contributed by atoms with Gasteiger partial charge in [-0.3, -0.25) is 4.79 Å². The molecule has 0 bridgehead atoms. The van der Waals surface area contributed by atoms with Gasteiger partial charge < -0.3 is 5.32 Å². The molecule has 0 aliphatic heterocycles. The molecule has 17 heteroatoms. The molecule has 0 aromatic heterocycles. The SMILES string of the molecule is O=C(NCc1ccc(Cl)c(Cl)c1)C(F)(F)C(F)(F)C(F)(F)C(F)(F)C(F)(F)C(F)(F)F. The molecule has 0 atom stereocenters. The van der Waals surface area contributed by atoms with E-state index in [-0.39, 0.29) is 15.6 Å². The lowest BCUT2D eigenvalue weighted by Gasteiger charge is -2.39. The van der Waals surface area contributed by atoms with Crippen LogP contribution in [0.2, 0.25) is 10.0 Å². The van der Waals surface area contributed by atoms with Gasteiger partial charge in [-0.05, 0) is 17.7 Å². The largest absolute Gasteiger partial charge is 0.460 e. The van der Waals surface area contributed by atoms with Crippen LogP contribution in [0.15, 0.2) is 18.2 Å². The van der Waals surface area contributed by atoms with Crippen LogP contribution in [0.3, 0.4) is 0 Å². The monoisotopic (exact) mass is 521 g/mol. The number of hydrogen-bond donors (Lipinski definition) is 1. The fourth-order valence-electron chi connectivity index (χ4n) is 1.86. The van der Waals surface area contributed by atoms with E-state index in [1.807, 2.05) is 0 Å². The van der Waals surface area contributed by atoms with E-state index in [1.165, 1.54) is 0 Å². The number of hydrogen-bond acceptors (Lipinski definition) is 1. The second-order valence-electron chi connectivity index (χ2n) is 5.80. The van der Waals surface area contributed by atoms with Gasteiger partial charge in [0.25, 0.3) is 5.91 Å². The number of halogens is 15. The molecular weight excluding hydrogens is 516 g/mol. The first-order valence-electron chi connectivity index (χ1n) is 7.23. The minimum Gasteiger partial charge on any atom is -0.347 e. The van der Waals surface area contributed by atoms with E-state index in [9.17, 15) is 61.9 Å². The summed E-state index contributed by atoms with van der Waals surface area (Å²) in [6.45, 7) is -1.15. The fourth-order valence-corrected chi connectivity index (χ4v) is 2.18. The highest BCUT2D eigenvalue weighted by Gasteiger charge is 2.91. The van der Waals surface area contributed by atoms with Crippen molar-refractivity contribution in [3.8, 4) is 0 Å². The Morgan fingerprint density at radius 3 is 1.58 bits per heavy atom. The van der Waals surface area contributed by atoms with Crippen molar-refractivity contribution in [2.45, 2.75) is 42.3 Å². The number of carbonyl (C=O) groups is 1. The highest BCUT2D eigenvalue weighted by Crippen LogP contribution is 2.60. The summed E-state index contributed by atoms with van der Waals surface area (Å²) in [6.07, 6.45) is -7.53. The highest BCUT2D eigenvalue weighted by atomic mass is 35.5. The Balaban J connectivity index is 3.25. The minimum absolute atomic E-state index is 0.0962. The number of nitrogens with one attached hydrogen (secondary N) is 1. The molecule has 1 aromatic carbocycles. The summed E-state index contributed by atoms with van der Waals surface area (Å²) in [6, 6.07) is 2.87. The third kappa shape index (κ3) is 4.34. The predicted molar refractivity (Wildman–Crippen MR) is 79.1 cm³/mol. The van der Waals surface area contributed by atoms with Crippen molar-refractivity contribution in [2.75, 3.05) is 0 Å². The average Bonchev–Trinajstić information content (AvgIpc) is 2.60. The van der Waals surface area contributed by atoms with E-state index >= 15 is 0 Å². The van der Waals surface area contributed by atoms with Gasteiger partial charge in [-0.25, -0.2) is 0 Å². The van der Waals surface area contributed by atoms with E-state index < -0.39 is 48.2 Å². The van der Waals surface area contributed by atoms with Crippen molar-refractivity contribution in [1.82, 2.24) is 5.32 Å². The molecular formula is C14H6Cl2F13NO. The molecule has 0 spiro atoms. The fraction of sp³-hybridized carbons (Fsp3) is 0.500. The zero-order valence-electron chi connectivity index (χ0n) is 14.0. The van der Waals surface area contributed by atoms with Crippen LogP contribution in [0.25, 0.3) is 0 Å². The summed E-state index contributed by atoms with van der Waals surface area (Å²) >= 11 is 11.0. The Morgan fingerprint density at radius 2 is 1.16 bits per heavy atom. The standard InChI is InChI=1S/C14H6Cl2F13NO/c15-6-2-1-5(3-7(6)16)4-30-8(31)9(17,18)10(19,20)11(21,22)12(23,24)13(25,26)14(27,28)29/h1-3H,4H2,(H,30,31). The number of carbonyl (C=O) groups excluding carboxylic acids is 1. The molecule has 1 amide bonds. The Kier molecular flexibility index (Phi) is 7.11.